The van der Waals surface area contributed by atoms with Crippen LogP contribution >= 0.6 is 0 Å². The van der Waals surface area contributed by atoms with Crippen LogP contribution in [0.15, 0.2) is 6.07 Å². The van der Waals surface area contributed by atoms with Crippen LogP contribution < -0.4 is 0 Å². The largest absolute Gasteiger partial charge is 0.0525 e. The van der Waals surface area contributed by atoms with Crippen LogP contribution in [-0.4, -0.2) is 0 Å². The highest BCUT2D eigenvalue weighted by atomic mass is 14.1. The molecule has 0 heterocycles. The zero-order valence-electron chi connectivity index (χ0n) is 8.08. The molecule has 0 aliphatic heterocycles. The van der Waals surface area contributed by atoms with E-state index in [9.17, 15) is 0 Å². The second kappa shape index (κ2) is 3.03. The first-order chi connectivity index (χ1) is 5.57. The zero-order chi connectivity index (χ0) is 9.30. The fraction of sp³-hybridized carbons (Fsp3) is 0.333. The fourth-order valence-corrected chi connectivity index (χ4v) is 1.34. The molecule has 0 aliphatic carbocycles. The normalized spacial score (nSPS) is 9.58. The molecule has 0 nitrogen and oxygen atoms in total. The topological polar surface area (TPSA) is 0 Å². The van der Waals surface area contributed by atoms with Crippen molar-refractivity contribution in [2.75, 3.05) is 0 Å². The van der Waals surface area contributed by atoms with Gasteiger partial charge in [-0.3, -0.25) is 0 Å². The van der Waals surface area contributed by atoms with Gasteiger partial charge >= 0.3 is 0 Å². The first kappa shape index (κ1) is 8.87. The van der Waals surface area contributed by atoms with Crippen molar-refractivity contribution in [2.24, 2.45) is 0 Å². The van der Waals surface area contributed by atoms with Crippen LogP contribution in [0.2, 0.25) is 0 Å². The van der Waals surface area contributed by atoms with E-state index < -0.39 is 0 Å². The Labute approximate surface area is 74.6 Å². The highest BCUT2D eigenvalue weighted by molar-refractivity contribution is 5.49. The molecule has 1 aromatic carbocycles. The standard InChI is InChI=1S/C12H13/c1-6-12-7-8(2)9(3)10(4)11(12)5/h7H,2-5H3. The Morgan fingerprint density at radius 1 is 1.00 bits per heavy atom. The summed E-state index contributed by atoms with van der Waals surface area (Å²) < 4.78 is 0. The van der Waals surface area contributed by atoms with Crippen LogP contribution in [-0.2, 0) is 0 Å². The summed E-state index contributed by atoms with van der Waals surface area (Å²) >= 11 is 0. The molecule has 0 heteroatoms. The van der Waals surface area contributed by atoms with E-state index in [0.29, 0.717) is 0 Å². The van der Waals surface area contributed by atoms with E-state index in [0.717, 1.165) is 5.56 Å². The zero-order valence-corrected chi connectivity index (χ0v) is 8.08. The summed E-state index contributed by atoms with van der Waals surface area (Å²) in [5, 5.41) is 0. The molecule has 1 radical (unpaired) electrons. The molecule has 0 atom stereocenters. The highest BCUT2D eigenvalue weighted by Gasteiger charge is 2.04. The first-order valence-corrected chi connectivity index (χ1v) is 4.08. The number of benzene rings is 1. The summed E-state index contributed by atoms with van der Waals surface area (Å²) in [5.41, 5.74) is 5.94. The van der Waals surface area contributed by atoms with Gasteiger partial charge in [-0.15, -0.1) is 0 Å². The van der Waals surface area contributed by atoms with Crippen molar-refractivity contribution in [1.29, 1.82) is 0 Å². The van der Waals surface area contributed by atoms with Crippen molar-refractivity contribution in [3.63, 3.8) is 0 Å². The van der Waals surface area contributed by atoms with Gasteiger partial charge in [0.05, 0.1) is 0 Å². The molecule has 61 valence electrons. The van der Waals surface area contributed by atoms with Crippen LogP contribution in [0.4, 0.5) is 0 Å². The van der Waals surface area contributed by atoms with E-state index in [4.69, 9.17) is 6.42 Å². The van der Waals surface area contributed by atoms with Gasteiger partial charge in [0, 0.05) is 5.56 Å². The molecule has 0 unspecified atom stereocenters. The maximum atomic E-state index is 7.10. The third-order valence-corrected chi connectivity index (χ3v) is 2.62. The predicted octanol–water partition coefficient (Wildman–Crippen LogP) is 2.86. The van der Waals surface area contributed by atoms with Crippen LogP contribution in [0.1, 0.15) is 27.8 Å². The van der Waals surface area contributed by atoms with Crippen molar-refractivity contribution in [3.05, 3.63) is 40.3 Å². The van der Waals surface area contributed by atoms with Gasteiger partial charge in [0.2, 0.25) is 0 Å². The predicted molar refractivity (Wildman–Crippen MR) is 51.6 cm³/mol. The van der Waals surface area contributed by atoms with E-state index in [1.807, 2.05) is 13.0 Å². The van der Waals surface area contributed by atoms with E-state index in [1.54, 1.807) is 0 Å². The summed E-state index contributed by atoms with van der Waals surface area (Å²) in [4.78, 5) is 0. The molecule has 0 aromatic heterocycles. The number of hydrogen-bond acceptors (Lipinski definition) is 0. The molecule has 0 saturated carbocycles. The summed E-state index contributed by atoms with van der Waals surface area (Å²) in [6, 6.07) is 2.02. The Bertz CT molecular complexity index is 351. The van der Waals surface area contributed by atoms with Gasteiger partial charge in [0.25, 0.3) is 0 Å². The average Bonchev–Trinajstić information content (AvgIpc) is 2.08. The minimum atomic E-state index is 0.913. The summed E-state index contributed by atoms with van der Waals surface area (Å²) in [7, 11) is 0. The van der Waals surface area contributed by atoms with Gasteiger partial charge in [0.15, 0.2) is 0 Å². The lowest BCUT2D eigenvalue weighted by atomic mass is 9.95. The molecule has 0 aliphatic rings. The van der Waals surface area contributed by atoms with Gasteiger partial charge < -0.3 is 0 Å². The third-order valence-electron chi connectivity index (χ3n) is 2.62. The molecule has 0 amide bonds. The third kappa shape index (κ3) is 1.23. The Balaban J connectivity index is 3.52. The minimum absolute atomic E-state index is 0.913. The maximum Gasteiger partial charge on any atom is 0.0290 e. The van der Waals surface area contributed by atoms with Gasteiger partial charge in [0.1, 0.15) is 0 Å². The van der Waals surface area contributed by atoms with E-state index in [1.165, 1.54) is 22.3 Å². The Morgan fingerprint density at radius 2 is 1.58 bits per heavy atom. The van der Waals surface area contributed by atoms with E-state index in [-0.39, 0.29) is 0 Å². The second-order valence-corrected chi connectivity index (χ2v) is 3.24. The molecule has 12 heavy (non-hydrogen) atoms. The molecule has 0 bridgehead atoms. The number of aryl methyl sites for hydroxylation is 1. The minimum Gasteiger partial charge on any atom is -0.0525 e. The Morgan fingerprint density at radius 3 is 2.08 bits per heavy atom. The lowest BCUT2D eigenvalue weighted by molar-refractivity contribution is 1.20. The average molecular weight is 157 g/mol. The van der Waals surface area contributed by atoms with Crippen LogP contribution in [0.25, 0.3) is 0 Å². The lowest BCUT2D eigenvalue weighted by Crippen LogP contribution is -1.94. The summed E-state index contributed by atoms with van der Waals surface area (Å²) in [6.07, 6.45) is 7.10. The fourth-order valence-electron chi connectivity index (χ4n) is 1.34. The second-order valence-electron chi connectivity index (χ2n) is 3.24. The quantitative estimate of drug-likeness (QED) is 0.508. The number of hydrogen-bond donors (Lipinski definition) is 0. The van der Waals surface area contributed by atoms with Crippen LogP contribution in [0, 0.1) is 40.0 Å². The van der Waals surface area contributed by atoms with E-state index >= 15 is 0 Å². The van der Waals surface area contributed by atoms with Crippen molar-refractivity contribution >= 4 is 0 Å². The van der Waals surface area contributed by atoms with Crippen molar-refractivity contribution in [2.45, 2.75) is 27.7 Å². The van der Waals surface area contributed by atoms with Crippen molar-refractivity contribution in [1.82, 2.24) is 0 Å². The summed E-state index contributed by atoms with van der Waals surface area (Å²) in [5.74, 6) is 2.45. The molecule has 0 fully saturated rings. The van der Waals surface area contributed by atoms with Crippen LogP contribution in [0.3, 0.4) is 0 Å². The smallest absolute Gasteiger partial charge is 0.0290 e. The van der Waals surface area contributed by atoms with E-state index in [2.05, 4.69) is 26.7 Å². The molecule has 0 N–H and O–H groups in total. The summed E-state index contributed by atoms with van der Waals surface area (Å²) in [6.45, 7) is 8.32. The van der Waals surface area contributed by atoms with Crippen molar-refractivity contribution < 1.29 is 0 Å². The molecule has 0 spiro atoms. The molecule has 1 rings (SSSR count). The van der Waals surface area contributed by atoms with Crippen molar-refractivity contribution in [3.8, 4) is 5.92 Å². The Hall–Kier alpha value is -1.22. The maximum absolute atomic E-state index is 7.10. The highest BCUT2D eigenvalue weighted by Crippen LogP contribution is 2.20. The van der Waals surface area contributed by atoms with Gasteiger partial charge in [-0.1, -0.05) is 5.92 Å². The number of rotatable bonds is 0. The van der Waals surface area contributed by atoms with Gasteiger partial charge in [-0.25, -0.2) is 0 Å². The monoisotopic (exact) mass is 157 g/mol. The molecule has 1 aromatic rings. The van der Waals surface area contributed by atoms with Gasteiger partial charge in [-0.05, 0) is 62.4 Å². The SMILES string of the molecule is [C]#Cc1cc(C)c(C)c(C)c1C. The molecular formula is C12H13. The molecule has 0 saturated heterocycles. The van der Waals surface area contributed by atoms with Gasteiger partial charge in [-0.2, -0.15) is 0 Å². The molecular weight excluding hydrogens is 144 g/mol. The Kier molecular flexibility index (Phi) is 2.24. The first-order valence-electron chi connectivity index (χ1n) is 4.08. The van der Waals surface area contributed by atoms with Crippen LogP contribution in [0.5, 0.6) is 0 Å². The lowest BCUT2D eigenvalue weighted by Gasteiger charge is -2.09.